The number of aromatic nitrogens is 1. The van der Waals surface area contributed by atoms with Crippen LogP contribution in [0, 0.1) is 6.14 Å². The summed E-state index contributed by atoms with van der Waals surface area (Å²) in [6.07, 6.45) is -1.02. The predicted molar refractivity (Wildman–Crippen MR) is 40.9 cm³/mol. The Balaban J connectivity index is 2.82. The van der Waals surface area contributed by atoms with E-state index in [1.807, 2.05) is 0 Å². The summed E-state index contributed by atoms with van der Waals surface area (Å²) in [7, 11) is 0. The second-order valence-corrected chi connectivity index (χ2v) is 2.43. The summed E-state index contributed by atoms with van der Waals surface area (Å²) in [6, 6.07) is 4.29. The zero-order chi connectivity index (χ0) is 9.42. The van der Waals surface area contributed by atoms with Gasteiger partial charge in [-0.2, -0.15) is 4.98 Å². The molecule has 0 saturated carbocycles. The van der Waals surface area contributed by atoms with E-state index in [2.05, 4.69) is 9.40 Å². The summed E-state index contributed by atoms with van der Waals surface area (Å²) in [5.74, 6) is -1.17. The van der Waals surface area contributed by atoms with Crippen molar-refractivity contribution in [3.63, 3.8) is 0 Å². The molecule has 0 bridgehead atoms. The first-order valence-corrected chi connectivity index (χ1v) is 3.47. The molecule has 0 spiro atoms. The van der Waals surface area contributed by atoms with E-state index in [1.165, 1.54) is 18.2 Å². The summed E-state index contributed by atoms with van der Waals surface area (Å²) < 4.78 is 17.0. The van der Waals surface area contributed by atoms with Crippen LogP contribution in [0.3, 0.4) is 0 Å². The van der Waals surface area contributed by atoms with E-state index in [9.17, 15) is 9.18 Å². The van der Waals surface area contributed by atoms with Gasteiger partial charge in [0.05, 0.1) is 0 Å². The summed E-state index contributed by atoms with van der Waals surface area (Å²) >= 11 is 0. The van der Waals surface area contributed by atoms with Crippen molar-refractivity contribution in [2.24, 2.45) is 0 Å². The monoisotopic (exact) mass is 181 g/mol. The Hall–Kier alpha value is -1.91. The highest BCUT2D eigenvalue weighted by Crippen LogP contribution is 2.18. The second kappa shape index (κ2) is 2.55. The number of para-hydroxylation sites is 1. The minimum absolute atomic E-state index is 0.0347. The van der Waals surface area contributed by atoms with Crippen molar-refractivity contribution in [1.29, 1.82) is 0 Å². The molecule has 0 amide bonds. The number of oxazole rings is 1. The number of benzene rings is 1. The molecule has 4 nitrogen and oxygen atoms in total. The van der Waals surface area contributed by atoms with Crippen molar-refractivity contribution in [2.75, 3.05) is 0 Å². The summed E-state index contributed by atoms with van der Waals surface area (Å²) in [6.45, 7) is 0. The molecule has 1 aromatic carbocycles. The lowest BCUT2D eigenvalue weighted by Crippen LogP contribution is -1.95. The lowest BCUT2D eigenvalue weighted by molar-refractivity contribution is 0.0697. The fourth-order valence-corrected chi connectivity index (χ4v) is 1.09. The maximum atomic E-state index is 12.5. The van der Waals surface area contributed by atoms with Crippen LogP contribution in [0.4, 0.5) is 4.39 Å². The minimum Gasteiger partial charge on any atom is -0.478 e. The number of hydrogen-bond acceptors (Lipinski definition) is 3. The number of fused-ring (bicyclic) bond motifs is 1. The van der Waals surface area contributed by atoms with E-state index in [1.54, 1.807) is 0 Å². The van der Waals surface area contributed by atoms with Gasteiger partial charge >= 0.3 is 12.1 Å². The number of carboxylic acids is 1. The van der Waals surface area contributed by atoms with Gasteiger partial charge in [0.25, 0.3) is 0 Å². The Morgan fingerprint density at radius 1 is 1.54 bits per heavy atom. The van der Waals surface area contributed by atoms with Gasteiger partial charge in [-0.25, -0.2) is 4.79 Å². The predicted octanol–water partition coefficient (Wildman–Crippen LogP) is 1.67. The van der Waals surface area contributed by atoms with Gasteiger partial charge in [0.2, 0.25) is 0 Å². The van der Waals surface area contributed by atoms with E-state index >= 15 is 0 Å². The molecular formula is C8H4FNO3. The third kappa shape index (κ3) is 1.14. The quantitative estimate of drug-likeness (QED) is 0.726. The molecule has 1 heterocycles. The smallest absolute Gasteiger partial charge is 0.382 e. The number of carboxylic acid groups (broad SMARTS) is 1. The fraction of sp³-hybridized carbons (Fsp3) is 0. The maximum Gasteiger partial charge on any atom is 0.382 e. The van der Waals surface area contributed by atoms with Gasteiger partial charge in [0.1, 0.15) is 11.1 Å². The molecule has 66 valence electrons. The molecule has 0 aliphatic carbocycles. The molecule has 2 rings (SSSR count). The second-order valence-electron chi connectivity index (χ2n) is 2.43. The average Bonchev–Trinajstić information content (AvgIpc) is 2.43. The Labute approximate surface area is 71.6 Å². The van der Waals surface area contributed by atoms with E-state index in [0.29, 0.717) is 0 Å². The zero-order valence-electron chi connectivity index (χ0n) is 6.32. The first-order chi connectivity index (χ1) is 6.18. The summed E-state index contributed by atoms with van der Waals surface area (Å²) in [4.78, 5) is 14.0. The van der Waals surface area contributed by atoms with Crippen LogP contribution in [0.2, 0.25) is 0 Å². The van der Waals surface area contributed by atoms with E-state index < -0.39 is 12.1 Å². The molecule has 0 aliphatic rings. The van der Waals surface area contributed by atoms with Crippen LogP contribution in [0.1, 0.15) is 10.4 Å². The van der Waals surface area contributed by atoms with Gasteiger partial charge in [0.15, 0.2) is 5.58 Å². The van der Waals surface area contributed by atoms with Crippen molar-refractivity contribution in [3.05, 3.63) is 29.9 Å². The van der Waals surface area contributed by atoms with Gasteiger partial charge in [-0.3, -0.25) is 0 Å². The van der Waals surface area contributed by atoms with Gasteiger partial charge in [0, 0.05) is 0 Å². The van der Waals surface area contributed by atoms with Crippen molar-refractivity contribution in [2.45, 2.75) is 0 Å². The SMILES string of the molecule is O=C(O)c1cccc2nc(F)oc12. The zero-order valence-corrected chi connectivity index (χ0v) is 6.32. The first-order valence-electron chi connectivity index (χ1n) is 3.47. The third-order valence-corrected chi connectivity index (χ3v) is 1.62. The van der Waals surface area contributed by atoms with E-state index in [0.717, 1.165) is 0 Å². The highest BCUT2D eigenvalue weighted by atomic mass is 19.1. The van der Waals surface area contributed by atoms with Crippen molar-refractivity contribution in [3.8, 4) is 0 Å². The molecule has 1 aromatic heterocycles. The molecule has 1 N–H and O–H groups in total. The minimum atomic E-state index is -1.17. The molecule has 0 aliphatic heterocycles. The first kappa shape index (κ1) is 7.72. The summed E-state index contributed by atoms with van der Waals surface area (Å²) in [5.41, 5.74) is 0.0822. The fourth-order valence-electron chi connectivity index (χ4n) is 1.09. The number of aromatic carboxylic acids is 1. The molecule has 0 atom stereocenters. The lowest BCUT2D eigenvalue weighted by Gasteiger charge is -1.92. The molecule has 0 unspecified atom stereocenters. The number of carbonyl (C=O) groups is 1. The molecule has 13 heavy (non-hydrogen) atoms. The van der Waals surface area contributed by atoms with Crippen LogP contribution in [-0.2, 0) is 0 Å². The standard InChI is InChI=1S/C8H4FNO3/c9-8-10-5-3-1-2-4(7(11)12)6(5)13-8/h1-3H,(H,11,12). The number of rotatable bonds is 1. The Morgan fingerprint density at radius 3 is 3.00 bits per heavy atom. The summed E-state index contributed by atoms with van der Waals surface area (Å²) in [5, 5.41) is 8.68. The highest BCUT2D eigenvalue weighted by Gasteiger charge is 2.13. The van der Waals surface area contributed by atoms with Crippen molar-refractivity contribution >= 4 is 17.1 Å². The van der Waals surface area contributed by atoms with Crippen molar-refractivity contribution in [1.82, 2.24) is 4.98 Å². The topological polar surface area (TPSA) is 63.3 Å². The van der Waals surface area contributed by atoms with Gasteiger partial charge in [-0.1, -0.05) is 6.07 Å². The number of hydrogen-bond donors (Lipinski definition) is 1. The normalized spacial score (nSPS) is 10.5. The number of nitrogens with zero attached hydrogens (tertiary/aromatic N) is 1. The molecular weight excluding hydrogens is 177 g/mol. The third-order valence-electron chi connectivity index (χ3n) is 1.62. The Bertz CT molecular complexity index is 477. The number of halogens is 1. The molecule has 5 heteroatoms. The van der Waals surface area contributed by atoms with Crippen LogP contribution in [0.5, 0.6) is 0 Å². The largest absolute Gasteiger partial charge is 0.478 e. The van der Waals surface area contributed by atoms with Gasteiger partial charge in [-0.05, 0) is 12.1 Å². The van der Waals surface area contributed by atoms with Crippen LogP contribution in [-0.4, -0.2) is 16.1 Å². The average molecular weight is 181 g/mol. The highest BCUT2D eigenvalue weighted by molar-refractivity contribution is 5.99. The van der Waals surface area contributed by atoms with Crippen LogP contribution in [0.15, 0.2) is 22.6 Å². The van der Waals surface area contributed by atoms with Crippen LogP contribution >= 0.6 is 0 Å². The van der Waals surface area contributed by atoms with Crippen molar-refractivity contribution < 1.29 is 18.7 Å². The molecule has 0 saturated heterocycles. The van der Waals surface area contributed by atoms with E-state index in [4.69, 9.17) is 5.11 Å². The molecule has 0 radical (unpaired) electrons. The van der Waals surface area contributed by atoms with Gasteiger partial charge < -0.3 is 9.52 Å². The molecule has 2 aromatic rings. The van der Waals surface area contributed by atoms with E-state index in [-0.39, 0.29) is 16.7 Å². The van der Waals surface area contributed by atoms with Crippen LogP contribution < -0.4 is 0 Å². The Kier molecular flexibility index (Phi) is 1.51. The van der Waals surface area contributed by atoms with Gasteiger partial charge in [-0.15, -0.1) is 4.39 Å². The molecule has 0 fully saturated rings. The Morgan fingerprint density at radius 2 is 2.31 bits per heavy atom. The van der Waals surface area contributed by atoms with Crippen LogP contribution in [0.25, 0.3) is 11.1 Å². The lowest BCUT2D eigenvalue weighted by atomic mass is 10.2. The maximum absolute atomic E-state index is 12.5.